The third-order valence-corrected chi connectivity index (χ3v) is 7.49. The molecular formula is C23H28N4O3S2. The molecule has 170 valence electrons. The molecule has 1 aliphatic carbocycles. The molecule has 3 aromatic rings. The first-order valence-corrected chi connectivity index (χ1v) is 12.6. The van der Waals surface area contributed by atoms with Crippen LogP contribution in [0, 0.1) is 0 Å². The molecule has 7 nitrogen and oxygen atoms in total. The summed E-state index contributed by atoms with van der Waals surface area (Å²) in [5.74, 6) is 0.525. The Balaban J connectivity index is 1.22. The van der Waals surface area contributed by atoms with Crippen LogP contribution in [0.15, 0.2) is 30.3 Å². The van der Waals surface area contributed by atoms with Crippen LogP contribution in [0.2, 0.25) is 0 Å². The Morgan fingerprint density at radius 2 is 1.91 bits per heavy atom. The highest BCUT2D eigenvalue weighted by Crippen LogP contribution is 2.34. The summed E-state index contributed by atoms with van der Waals surface area (Å²) in [5.41, 5.74) is 1.10. The molecule has 1 fully saturated rings. The predicted molar refractivity (Wildman–Crippen MR) is 130 cm³/mol. The highest BCUT2D eigenvalue weighted by Gasteiger charge is 2.23. The monoisotopic (exact) mass is 472 g/mol. The molecule has 0 bridgehead atoms. The van der Waals surface area contributed by atoms with Crippen molar-refractivity contribution >= 4 is 49.1 Å². The molecule has 2 aromatic heterocycles. The summed E-state index contributed by atoms with van der Waals surface area (Å²) in [6.07, 6.45) is 2.85. The number of ether oxygens (including phenoxy) is 1. The SMILES string of the molecule is CCN(CC)c1nc2sc(C(=O)NCCc3ccc(OCC(=O)NC4CC4)cc3)cc2s1. The zero-order valence-electron chi connectivity index (χ0n) is 18.3. The summed E-state index contributed by atoms with van der Waals surface area (Å²) in [6, 6.07) is 9.91. The van der Waals surface area contributed by atoms with Gasteiger partial charge >= 0.3 is 0 Å². The Bertz CT molecular complexity index is 1040. The van der Waals surface area contributed by atoms with Gasteiger partial charge in [-0.05, 0) is 56.9 Å². The molecule has 9 heteroatoms. The fraction of sp³-hybridized carbons (Fsp3) is 0.435. The van der Waals surface area contributed by atoms with E-state index in [9.17, 15) is 9.59 Å². The first-order valence-electron chi connectivity index (χ1n) is 11.0. The normalized spacial score (nSPS) is 13.2. The van der Waals surface area contributed by atoms with Gasteiger partial charge in [-0.1, -0.05) is 23.5 Å². The number of thiazole rings is 1. The van der Waals surface area contributed by atoms with Gasteiger partial charge in [0, 0.05) is 25.7 Å². The number of thiophene rings is 1. The quantitative estimate of drug-likeness (QED) is 0.443. The van der Waals surface area contributed by atoms with Crippen molar-refractivity contribution in [3.05, 3.63) is 40.8 Å². The average molecular weight is 473 g/mol. The molecule has 1 aromatic carbocycles. The van der Waals surface area contributed by atoms with Gasteiger partial charge in [0.05, 0.1) is 9.58 Å². The molecule has 0 spiro atoms. The molecule has 2 amide bonds. The fourth-order valence-electron chi connectivity index (χ4n) is 3.27. The van der Waals surface area contributed by atoms with Gasteiger partial charge in [-0.2, -0.15) is 0 Å². The minimum atomic E-state index is -0.0767. The van der Waals surface area contributed by atoms with E-state index in [0.717, 1.165) is 52.6 Å². The van der Waals surface area contributed by atoms with Crippen molar-refractivity contribution in [2.24, 2.45) is 0 Å². The van der Waals surface area contributed by atoms with Gasteiger partial charge < -0.3 is 20.3 Å². The van der Waals surface area contributed by atoms with Gasteiger partial charge in [-0.15, -0.1) is 11.3 Å². The van der Waals surface area contributed by atoms with Gasteiger partial charge in [0.25, 0.3) is 11.8 Å². The maximum absolute atomic E-state index is 12.5. The fourth-order valence-corrected chi connectivity index (χ4v) is 5.53. The maximum atomic E-state index is 12.5. The van der Waals surface area contributed by atoms with Crippen LogP contribution in [-0.2, 0) is 11.2 Å². The molecule has 1 aliphatic rings. The second kappa shape index (κ2) is 10.3. The topological polar surface area (TPSA) is 83.6 Å². The number of rotatable bonds is 11. The van der Waals surface area contributed by atoms with E-state index < -0.39 is 0 Å². The molecule has 0 aliphatic heterocycles. The minimum absolute atomic E-state index is 0.0371. The standard InChI is InChI=1S/C23H28N4O3S2/c1-3-27(4-2)23-26-22-19(32-23)13-18(31-22)21(29)24-12-11-15-5-9-17(10-6-15)30-14-20(28)25-16-7-8-16/h5-6,9-10,13,16H,3-4,7-8,11-12,14H2,1-2H3,(H,24,29)(H,25,28). The van der Waals surface area contributed by atoms with Crippen molar-refractivity contribution in [3.8, 4) is 5.75 Å². The van der Waals surface area contributed by atoms with Gasteiger partial charge in [-0.3, -0.25) is 9.59 Å². The number of anilines is 1. The van der Waals surface area contributed by atoms with Crippen LogP contribution in [-0.4, -0.2) is 49.1 Å². The van der Waals surface area contributed by atoms with Crippen LogP contribution >= 0.6 is 22.7 Å². The minimum Gasteiger partial charge on any atom is -0.484 e. The van der Waals surface area contributed by atoms with Crippen molar-refractivity contribution in [3.63, 3.8) is 0 Å². The average Bonchev–Trinajstić information content (AvgIpc) is 3.37. The maximum Gasteiger partial charge on any atom is 0.261 e. The summed E-state index contributed by atoms with van der Waals surface area (Å²) in [4.78, 5) is 32.7. The van der Waals surface area contributed by atoms with Crippen LogP contribution < -0.4 is 20.3 Å². The number of nitrogens with one attached hydrogen (secondary N) is 2. The zero-order valence-corrected chi connectivity index (χ0v) is 20.0. The van der Waals surface area contributed by atoms with Gasteiger partial charge in [0.2, 0.25) is 0 Å². The van der Waals surface area contributed by atoms with E-state index in [1.807, 2.05) is 30.3 Å². The van der Waals surface area contributed by atoms with Crippen molar-refractivity contribution in [1.29, 1.82) is 0 Å². The summed E-state index contributed by atoms with van der Waals surface area (Å²) in [7, 11) is 0. The molecule has 4 rings (SSSR count). The summed E-state index contributed by atoms with van der Waals surface area (Å²) in [5, 5.41) is 6.90. The summed E-state index contributed by atoms with van der Waals surface area (Å²) >= 11 is 3.07. The lowest BCUT2D eigenvalue weighted by atomic mass is 10.1. The lowest BCUT2D eigenvalue weighted by Gasteiger charge is -2.16. The third kappa shape index (κ3) is 5.77. The lowest BCUT2D eigenvalue weighted by molar-refractivity contribution is -0.123. The molecule has 32 heavy (non-hydrogen) atoms. The van der Waals surface area contributed by atoms with Crippen LogP contribution in [0.3, 0.4) is 0 Å². The molecule has 0 saturated heterocycles. The van der Waals surface area contributed by atoms with E-state index in [1.54, 1.807) is 11.3 Å². The van der Waals surface area contributed by atoms with Gasteiger partial charge in [0.1, 0.15) is 10.6 Å². The third-order valence-electron chi connectivity index (χ3n) is 5.27. The van der Waals surface area contributed by atoms with E-state index in [4.69, 9.17) is 4.74 Å². The van der Waals surface area contributed by atoms with Gasteiger partial charge in [-0.25, -0.2) is 4.98 Å². The largest absolute Gasteiger partial charge is 0.484 e. The van der Waals surface area contributed by atoms with Crippen LogP contribution in [0.4, 0.5) is 5.13 Å². The first kappa shape index (κ1) is 22.5. The highest BCUT2D eigenvalue weighted by molar-refractivity contribution is 7.29. The molecule has 0 radical (unpaired) electrons. The Hall–Kier alpha value is -2.65. The summed E-state index contributed by atoms with van der Waals surface area (Å²) in [6.45, 7) is 6.67. The zero-order chi connectivity index (χ0) is 22.5. The number of carbonyl (C=O) groups excluding carboxylic acids is 2. The molecule has 1 saturated carbocycles. The Labute approximate surface area is 195 Å². The second-order valence-electron chi connectivity index (χ2n) is 7.73. The van der Waals surface area contributed by atoms with Crippen LogP contribution in [0.1, 0.15) is 41.9 Å². The molecule has 2 heterocycles. The molecule has 0 atom stereocenters. The number of aromatic nitrogens is 1. The molecule has 0 unspecified atom stereocenters. The lowest BCUT2D eigenvalue weighted by Crippen LogP contribution is -2.30. The first-order chi connectivity index (χ1) is 15.6. The Morgan fingerprint density at radius 1 is 1.16 bits per heavy atom. The number of hydrogen-bond donors (Lipinski definition) is 2. The van der Waals surface area contributed by atoms with Crippen molar-refractivity contribution in [2.75, 3.05) is 31.1 Å². The highest BCUT2D eigenvalue weighted by atomic mass is 32.1. The van der Waals surface area contributed by atoms with Crippen LogP contribution in [0.5, 0.6) is 5.75 Å². The number of nitrogens with zero attached hydrogens (tertiary/aromatic N) is 2. The molecular weight excluding hydrogens is 444 g/mol. The van der Waals surface area contributed by atoms with Gasteiger partial charge in [0.15, 0.2) is 11.7 Å². The van der Waals surface area contributed by atoms with Crippen LogP contribution in [0.25, 0.3) is 9.53 Å². The number of amides is 2. The van der Waals surface area contributed by atoms with Crippen molar-refractivity contribution < 1.29 is 14.3 Å². The Morgan fingerprint density at radius 3 is 2.56 bits per heavy atom. The van der Waals surface area contributed by atoms with Crippen molar-refractivity contribution in [2.45, 2.75) is 39.2 Å². The molecule has 2 N–H and O–H groups in total. The van der Waals surface area contributed by atoms with E-state index in [-0.39, 0.29) is 18.4 Å². The van der Waals surface area contributed by atoms with E-state index in [0.29, 0.717) is 23.2 Å². The van der Waals surface area contributed by atoms with E-state index >= 15 is 0 Å². The number of fused-ring (bicyclic) bond motifs is 1. The smallest absolute Gasteiger partial charge is 0.261 e. The Kier molecular flexibility index (Phi) is 7.26. The van der Waals surface area contributed by atoms with E-state index in [2.05, 4.69) is 34.4 Å². The second-order valence-corrected chi connectivity index (χ2v) is 9.77. The van der Waals surface area contributed by atoms with Crippen molar-refractivity contribution in [1.82, 2.24) is 15.6 Å². The number of benzene rings is 1. The number of carbonyl (C=O) groups is 2. The predicted octanol–water partition coefficient (Wildman–Crippen LogP) is 3.83. The number of hydrogen-bond acceptors (Lipinski definition) is 7. The summed E-state index contributed by atoms with van der Waals surface area (Å²) < 4.78 is 6.58. The van der Waals surface area contributed by atoms with E-state index in [1.165, 1.54) is 11.3 Å².